The van der Waals surface area contributed by atoms with Gasteiger partial charge in [-0.1, -0.05) is 26.7 Å². The highest BCUT2D eigenvalue weighted by atomic mass is 19.3. The van der Waals surface area contributed by atoms with E-state index in [-0.39, 0.29) is 6.42 Å². The molecule has 2 N–H and O–H groups in total. The third-order valence-electron chi connectivity index (χ3n) is 3.66. The molecule has 122 valence electrons. The highest BCUT2D eigenvalue weighted by molar-refractivity contribution is 4.69. The fraction of sp³-hybridized carbons (Fsp3) is 1.00. The second-order valence-corrected chi connectivity index (χ2v) is 5.37. The van der Waals surface area contributed by atoms with Gasteiger partial charge in [0.1, 0.15) is 0 Å². The van der Waals surface area contributed by atoms with Gasteiger partial charge < -0.3 is 15.5 Å². The van der Waals surface area contributed by atoms with Crippen molar-refractivity contribution in [2.24, 2.45) is 5.73 Å². The number of unbranched alkanes of at least 4 members (excludes halogenated alkanes) is 3. The van der Waals surface area contributed by atoms with Crippen molar-refractivity contribution in [2.75, 3.05) is 46.3 Å². The summed E-state index contributed by atoms with van der Waals surface area (Å²) in [5, 5.41) is 0. The molecule has 1 rings (SSSR count). The van der Waals surface area contributed by atoms with Crippen LogP contribution in [-0.2, 0) is 0 Å². The molecule has 0 unspecified atom stereocenters. The van der Waals surface area contributed by atoms with E-state index in [2.05, 4.69) is 16.8 Å². The molecule has 1 heterocycles. The zero-order chi connectivity index (χ0) is 15.4. The summed E-state index contributed by atoms with van der Waals surface area (Å²) in [6.07, 6.45) is 3.60. The normalized spacial score (nSPS) is 17.7. The first-order valence-corrected chi connectivity index (χ1v) is 8.02. The molecule has 0 aromatic heterocycles. The molecule has 20 heavy (non-hydrogen) atoms. The van der Waals surface area contributed by atoms with Crippen molar-refractivity contribution in [3.8, 4) is 0 Å². The van der Waals surface area contributed by atoms with Crippen LogP contribution in [0.15, 0.2) is 0 Å². The molecule has 0 aliphatic carbocycles. The summed E-state index contributed by atoms with van der Waals surface area (Å²) in [5.74, 6) is -2.66. The smallest absolute Gasteiger partial charge is 0.260 e. The van der Waals surface area contributed by atoms with Crippen LogP contribution in [0.1, 0.15) is 46.0 Å². The summed E-state index contributed by atoms with van der Waals surface area (Å²) in [7, 11) is 2.15. The maximum atomic E-state index is 12.9. The highest BCUT2D eigenvalue weighted by Gasteiger charge is 2.25. The molecule has 1 aliphatic heterocycles. The van der Waals surface area contributed by atoms with Gasteiger partial charge in [-0.2, -0.15) is 0 Å². The minimum Gasteiger partial charge on any atom is -0.325 e. The van der Waals surface area contributed by atoms with Gasteiger partial charge in [0.25, 0.3) is 5.92 Å². The molecular weight excluding hydrogens is 260 g/mol. The van der Waals surface area contributed by atoms with Crippen LogP contribution in [0.5, 0.6) is 0 Å². The minimum absolute atomic E-state index is 0.0575. The first-order chi connectivity index (χ1) is 9.53. The van der Waals surface area contributed by atoms with Crippen molar-refractivity contribution >= 4 is 0 Å². The molecule has 0 saturated carbocycles. The topological polar surface area (TPSA) is 32.5 Å². The lowest BCUT2D eigenvalue weighted by Crippen LogP contribution is -2.44. The summed E-state index contributed by atoms with van der Waals surface area (Å²) in [6.45, 7) is 9.16. The summed E-state index contributed by atoms with van der Waals surface area (Å²) < 4.78 is 25.7. The Labute approximate surface area is 123 Å². The number of piperazine rings is 1. The fourth-order valence-corrected chi connectivity index (χ4v) is 2.25. The molecule has 1 fully saturated rings. The van der Waals surface area contributed by atoms with Gasteiger partial charge in [-0.25, -0.2) is 8.78 Å². The molecule has 5 heteroatoms. The molecule has 3 nitrogen and oxygen atoms in total. The van der Waals surface area contributed by atoms with Gasteiger partial charge in [0.15, 0.2) is 0 Å². The summed E-state index contributed by atoms with van der Waals surface area (Å²) >= 11 is 0. The Bertz CT molecular complexity index is 217. The zero-order valence-electron chi connectivity index (χ0n) is 13.5. The second kappa shape index (κ2) is 11.4. The molecule has 0 amide bonds. The SMILES string of the molecule is CC.CN1CCN(CCCCCCC(F)(F)CN)CC1. The van der Waals surface area contributed by atoms with Crippen LogP contribution in [0.4, 0.5) is 8.78 Å². The average molecular weight is 293 g/mol. The molecule has 0 aromatic rings. The Kier molecular flexibility index (Phi) is 11.3. The predicted molar refractivity (Wildman–Crippen MR) is 82.4 cm³/mol. The monoisotopic (exact) mass is 293 g/mol. The molecular formula is C15H33F2N3. The van der Waals surface area contributed by atoms with Crippen LogP contribution in [0.2, 0.25) is 0 Å². The lowest BCUT2D eigenvalue weighted by molar-refractivity contribution is -0.000391. The number of hydrogen-bond acceptors (Lipinski definition) is 3. The van der Waals surface area contributed by atoms with Crippen LogP contribution in [-0.4, -0.2) is 62.0 Å². The lowest BCUT2D eigenvalue weighted by Gasteiger charge is -2.32. The third kappa shape index (κ3) is 9.61. The van der Waals surface area contributed by atoms with Crippen molar-refractivity contribution in [1.29, 1.82) is 0 Å². The van der Waals surface area contributed by atoms with Gasteiger partial charge in [0, 0.05) is 32.6 Å². The Morgan fingerprint density at radius 1 is 0.950 bits per heavy atom. The third-order valence-corrected chi connectivity index (χ3v) is 3.66. The van der Waals surface area contributed by atoms with E-state index in [9.17, 15) is 8.78 Å². The Morgan fingerprint density at radius 3 is 2.05 bits per heavy atom. The molecule has 0 spiro atoms. The average Bonchev–Trinajstić information content (AvgIpc) is 2.47. The number of hydrogen-bond donors (Lipinski definition) is 1. The van der Waals surface area contributed by atoms with Gasteiger partial charge in [-0.15, -0.1) is 0 Å². The number of nitrogens with two attached hydrogens (primary N) is 1. The van der Waals surface area contributed by atoms with Crippen molar-refractivity contribution in [3.63, 3.8) is 0 Å². The van der Waals surface area contributed by atoms with Crippen LogP contribution in [0.25, 0.3) is 0 Å². The van der Waals surface area contributed by atoms with E-state index < -0.39 is 12.5 Å². The van der Waals surface area contributed by atoms with E-state index >= 15 is 0 Å². The van der Waals surface area contributed by atoms with Crippen molar-refractivity contribution in [2.45, 2.75) is 51.9 Å². The first-order valence-electron chi connectivity index (χ1n) is 8.02. The van der Waals surface area contributed by atoms with E-state index in [1.807, 2.05) is 13.8 Å². The van der Waals surface area contributed by atoms with Crippen LogP contribution >= 0.6 is 0 Å². The van der Waals surface area contributed by atoms with Crippen molar-refractivity contribution < 1.29 is 8.78 Å². The number of alkyl halides is 2. The molecule has 0 radical (unpaired) electrons. The lowest BCUT2D eigenvalue weighted by atomic mass is 10.1. The van der Waals surface area contributed by atoms with Gasteiger partial charge in [0.2, 0.25) is 0 Å². The van der Waals surface area contributed by atoms with Gasteiger partial charge in [-0.05, 0) is 26.4 Å². The van der Waals surface area contributed by atoms with E-state index in [4.69, 9.17) is 5.73 Å². The standard InChI is InChI=1S/C13H27F2N3.C2H6/c1-17-8-10-18(11-9-17)7-5-3-2-4-6-13(14,15)12-16;1-2/h2-12,16H2,1H3;1-2H3. The summed E-state index contributed by atoms with van der Waals surface area (Å²) in [5.41, 5.74) is 5.00. The zero-order valence-corrected chi connectivity index (χ0v) is 13.5. The number of rotatable bonds is 8. The molecule has 0 bridgehead atoms. The molecule has 1 aliphatic rings. The Hall–Kier alpha value is -0.260. The van der Waals surface area contributed by atoms with Crippen molar-refractivity contribution in [3.05, 3.63) is 0 Å². The van der Waals surface area contributed by atoms with Crippen LogP contribution in [0.3, 0.4) is 0 Å². The van der Waals surface area contributed by atoms with Crippen LogP contribution < -0.4 is 5.73 Å². The predicted octanol–water partition coefficient (Wildman–Crippen LogP) is 2.80. The second-order valence-electron chi connectivity index (χ2n) is 5.37. The first kappa shape index (κ1) is 19.7. The van der Waals surface area contributed by atoms with Gasteiger partial charge in [0.05, 0.1) is 6.54 Å². The van der Waals surface area contributed by atoms with Crippen molar-refractivity contribution in [1.82, 2.24) is 9.80 Å². The Balaban J connectivity index is 0.00000172. The van der Waals surface area contributed by atoms with E-state index in [1.54, 1.807) is 0 Å². The molecule has 0 aromatic carbocycles. The van der Waals surface area contributed by atoms with E-state index in [0.29, 0.717) is 6.42 Å². The Morgan fingerprint density at radius 2 is 1.50 bits per heavy atom. The van der Waals surface area contributed by atoms with E-state index in [1.165, 1.54) is 0 Å². The minimum atomic E-state index is -2.66. The van der Waals surface area contributed by atoms with Gasteiger partial charge >= 0.3 is 0 Å². The van der Waals surface area contributed by atoms with Crippen LogP contribution in [0, 0.1) is 0 Å². The molecule has 0 atom stereocenters. The number of likely N-dealkylation sites (N-methyl/N-ethyl adjacent to an activating group) is 1. The summed E-state index contributed by atoms with van der Waals surface area (Å²) in [6, 6.07) is 0. The quantitative estimate of drug-likeness (QED) is 0.699. The summed E-state index contributed by atoms with van der Waals surface area (Å²) in [4.78, 5) is 4.81. The fourth-order valence-electron chi connectivity index (χ4n) is 2.25. The van der Waals surface area contributed by atoms with E-state index in [0.717, 1.165) is 52.0 Å². The number of nitrogens with zero attached hydrogens (tertiary/aromatic N) is 2. The molecule has 1 saturated heterocycles. The maximum absolute atomic E-state index is 12.9. The largest absolute Gasteiger partial charge is 0.325 e. The number of halogens is 2. The highest BCUT2D eigenvalue weighted by Crippen LogP contribution is 2.20. The maximum Gasteiger partial charge on any atom is 0.260 e. The van der Waals surface area contributed by atoms with Gasteiger partial charge in [-0.3, -0.25) is 0 Å².